The summed E-state index contributed by atoms with van der Waals surface area (Å²) in [5, 5.41) is 14.4. The summed E-state index contributed by atoms with van der Waals surface area (Å²) in [5.74, 6) is -1.85. The molecule has 0 spiro atoms. The van der Waals surface area contributed by atoms with Crippen molar-refractivity contribution in [1.29, 1.82) is 0 Å². The van der Waals surface area contributed by atoms with E-state index >= 15 is 0 Å². The van der Waals surface area contributed by atoms with Gasteiger partial charge in [0.1, 0.15) is 5.82 Å². The third kappa shape index (κ3) is 4.17. The van der Waals surface area contributed by atoms with Crippen LogP contribution in [-0.4, -0.2) is 23.1 Å². The maximum absolute atomic E-state index is 13.1. The van der Waals surface area contributed by atoms with Crippen molar-refractivity contribution in [3.05, 3.63) is 28.5 Å². The number of carbonyl (C=O) groups is 2. The summed E-state index contributed by atoms with van der Waals surface area (Å²) in [4.78, 5) is 23.1. The first-order valence-corrected chi connectivity index (χ1v) is 7.52. The summed E-state index contributed by atoms with van der Waals surface area (Å²) in [7, 11) is 0. The number of benzene rings is 1. The Bertz CT molecular complexity index is 553. The first-order valence-electron chi connectivity index (χ1n) is 6.73. The van der Waals surface area contributed by atoms with Crippen molar-refractivity contribution in [2.24, 2.45) is 5.92 Å². The minimum Gasteiger partial charge on any atom is -0.481 e. The molecule has 21 heavy (non-hydrogen) atoms. The summed E-state index contributed by atoms with van der Waals surface area (Å²) in [6.07, 6.45) is 2.98. The largest absolute Gasteiger partial charge is 0.481 e. The number of carboxylic acids is 1. The van der Waals surface area contributed by atoms with Gasteiger partial charge in [-0.25, -0.2) is 9.18 Å². The van der Waals surface area contributed by atoms with Crippen LogP contribution in [0.4, 0.5) is 14.9 Å². The molecule has 1 fully saturated rings. The van der Waals surface area contributed by atoms with Gasteiger partial charge in [-0.15, -0.1) is 0 Å². The molecule has 0 aliphatic heterocycles. The van der Waals surface area contributed by atoms with Gasteiger partial charge in [-0.2, -0.15) is 0 Å². The number of aliphatic carboxylic acids is 1. The zero-order valence-electron chi connectivity index (χ0n) is 11.2. The average molecular weight is 359 g/mol. The fraction of sp³-hybridized carbons (Fsp3) is 0.429. The number of carboxylic acid groups (broad SMARTS) is 1. The number of urea groups is 1. The molecule has 2 amide bonds. The second kappa shape index (κ2) is 6.89. The molecule has 3 N–H and O–H groups in total. The van der Waals surface area contributed by atoms with Crippen LogP contribution in [0.2, 0.25) is 0 Å². The minimum absolute atomic E-state index is 0.251. The van der Waals surface area contributed by atoms with Crippen molar-refractivity contribution in [3.63, 3.8) is 0 Å². The summed E-state index contributed by atoms with van der Waals surface area (Å²) in [5.41, 5.74) is 0.434. The predicted molar refractivity (Wildman–Crippen MR) is 79.6 cm³/mol. The number of carbonyl (C=O) groups excluding carboxylic acids is 1. The molecule has 1 aliphatic rings. The number of anilines is 1. The third-order valence-electron chi connectivity index (χ3n) is 3.58. The predicted octanol–water partition coefficient (Wildman–Crippen LogP) is 3.35. The number of rotatable bonds is 3. The van der Waals surface area contributed by atoms with E-state index in [9.17, 15) is 14.0 Å². The molecule has 0 radical (unpaired) electrons. The van der Waals surface area contributed by atoms with Crippen molar-refractivity contribution < 1.29 is 19.1 Å². The highest BCUT2D eigenvalue weighted by Crippen LogP contribution is 2.25. The van der Waals surface area contributed by atoms with Crippen molar-refractivity contribution in [1.82, 2.24) is 5.32 Å². The van der Waals surface area contributed by atoms with E-state index in [-0.39, 0.29) is 10.5 Å². The summed E-state index contributed by atoms with van der Waals surface area (Å²) in [6, 6.07) is 3.27. The van der Waals surface area contributed by atoms with Gasteiger partial charge in [0, 0.05) is 11.7 Å². The van der Waals surface area contributed by atoms with Crippen LogP contribution >= 0.6 is 15.9 Å². The van der Waals surface area contributed by atoms with Gasteiger partial charge in [0.15, 0.2) is 0 Å². The van der Waals surface area contributed by atoms with Crippen LogP contribution in [0.25, 0.3) is 0 Å². The molecule has 0 heterocycles. The molecule has 1 aromatic rings. The van der Waals surface area contributed by atoms with E-state index in [1.54, 1.807) is 0 Å². The topological polar surface area (TPSA) is 78.4 Å². The maximum Gasteiger partial charge on any atom is 0.319 e. The molecular weight excluding hydrogens is 343 g/mol. The molecule has 2 atom stereocenters. The summed E-state index contributed by atoms with van der Waals surface area (Å²) in [6.45, 7) is 0. The smallest absolute Gasteiger partial charge is 0.319 e. The Morgan fingerprint density at radius 1 is 1.29 bits per heavy atom. The second-order valence-corrected chi connectivity index (χ2v) is 5.92. The lowest BCUT2D eigenvalue weighted by Crippen LogP contribution is -2.46. The van der Waals surface area contributed by atoms with E-state index in [0.717, 1.165) is 12.8 Å². The van der Waals surface area contributed by atoms with Crippen LogP contribution in [-0.2, 0) is 4.79 Å². The molecule has 1 aliphatic carbocycles. The number of hydrogen-bond acceptors (Lipinski definition) is 2. The van der Waals surface area contributed by atoms with E-state index in [0.29, 0.717) is 18.5 Å². The fourth-order valence-corrected chi connectivity index (χ4v) is 2.89. The van der Waals surface area contributed by atoms with Crippen LogP contribution in [0.3, 0.4) is 0 Å². The molecule has 0 bridgehead atoms. The van der Waals surface area contributed by atoms with Crippen LogP contribution in [0.15, 0.2) is 22.7 Å². The zero-order valence-corrected chi connectivity index (χ0v) is 12.8. The van der Waals surface area contributed by atoms with Gasteiger partial charge in [0.05, 0.1) is 10.4 Å². The maximum atomic E-state index is 13.1. The third-order valence-corrected chi connectivity index (χ3v) is 4.18. The lowest BCUT2D eigenvalue weighted by Gasteiger charge is -2.29. The lowest BCUT2D eigenvalue weighted by atomic mass is 9.84. The van der Waals surface area contributed by atoms with Crippen LogP contribution in [0.5, 0.6) is 0 Å². The van der Waals surface area contributed by atoms with Gasteiger partial charge >= 0.3 is 12.0 Å². The highest BCUT2D eigenvalue weighted by molar-refractivity contribution is 9.10. The standard InChI is InChI=1S/C14H16BrFN2O3/c15-10-7-8(5-6-11(10)16)17-14(21)18-12-4-2-1-3-9(12)13(19)20/h5-7,9,12H,1-4H2,(H,19,20)(H2,17,18,21). The molecule has 5 nitrogen and oxygen atoms in total. The quantitative estimate of drug-likeness (QED) is 0.775. The Balaban J connectivity index is 1.97. The van der Waals surface area contributed by atoms with Crippen molar-refractivity contribution in [2.45, 2.75) is 31.7 Å². The molecule has 1 aromatic carbocycles. The van der Waals surface area contributed by atoms with Crippen LogP contribution in [0, 0.1) is 11.7 Å². The first kappa shape index (κ1) is 15.8. The van der Waals surface area contributed by atoms with E-state index in [2.05, 4.69) is 26.6 Å². The van der Waals surface area contributed by atoms with Crippen molar-refractivity contribution >= 4 is 33.6 Å². The highest BCUT2D eigenvalue weighted by atomic mass is 79.9. The van der Waals surface area contributed by atoms with Gasteiger partial charge < -0.3 is 15.7 Å². The Hall–Kier alpha value is -1.63. The molecule has 2 rings (SSSR count). The van der Waals surface area contributed by atoms with E-state index in [1.165, 1.54) is 18.2 Å². The minimum atomic E-state index is -0.885. The summed E-state index contributed by atoms with van der Waals surface area (Å²) < 4.78 is 13.4. The first-order chi connectivity index (χ1) is 9.97. The van der Waals surface area contributed by atoms with Gasteiger partial charge in [0.2, 0.25) is 0 Å². The molecular formula is C14H16BrFN2O3. The molecule has 7 heteroatoms. The fourth-order valence-electron chi connectivity index (χ4n) is 2.51. The van der Waals surface area contributed by atoms with E-state index in [4.69, 9.17) is 5.11 Å². The number of amides is 2. The Labute approximate surface area is 130 Å². The Morgan fingerprint density at radius 3 is 2.67 bits per heavy atom. The average Bonchev–Trinajstić information content (AvgIpc) is 2.43. The van der Waals surface area contributed by atoms with E-state index in [1.807, 2.05) is 0 Å². The lowest BCUT2D eigenvalue weighted by molar-refractivity contribution is -0.143. The van der Waals surface area contributed by atoms with Gasteiger partial charge in [-0.3, -0.25) is 4.79 Å². The molecule has 1 saturated carbocycles. The van der Waals surface area contributed by atoms with Crippen molar-refractivity contribution in [2.75, 3.05) is 5.32 Å². The number of nitrogens with one attached hydrogen (secondary N) is 2. The second-order valence-electron chi connectivity index (χ2n) is 5.06. The summed E-state index contributed by atoms with van der Waals surface area (Å²) >= 11 is 3.04. The van der Waals surface area contributed by atoms with E-state index < -0.39 is 23.7 Å². The number of halogens is 2. The molecule has 2 unspecified atom stereocenters. The monoisotopic (exact) mass is 358 g/mol. The normalized spacial score (nSPS) is 21.6. The SMILES string of the molecule is O=C(Nc1ccc(F)c(Br)c1)NC1CCCCC1C(=O)O. The Morgan fingerprint density at radius 2 is 2.00 bits per heavy atom. The zero-order chi connectivity index (χ0) is 15.4. The Kier molecular flexibility index (Phi) is 5.17. The van der Waals surface area contributed by atoms with Gasteiger partial charge in [-0.1, -0.05) is 12.8 Å². The number of hydrogen-bond donors (Lipinski definition) is 3. The van der Waals surface area contributed by atoms with Crippen LogP contribution < -0.4 is 10.6 Å². The molecule has 0 saturated heterocycles. The van der Waals surface area contributed by atoms with Crippen LogP contribution in [0.1, 0.15) is 25.7 Å². The molecule has 0 aromatic heterocycles. The molecule has 114 valence electrons. The van der Waals surface area contributed by atoms with Gasteiger partial charge in [-0.05, 0) is 47.0 Å². The van der Waals surface area contributed by atoms with Gasteiger partial charge in [0.25, 0.3) is 0 Å². The highest BCUT2D eigenvalue weighted by Gasteiger charge is 2.31. The van der Waals surface area contributed by atoms with Crippen molar-refractivity contribution in [3.8, 4) is 0 Å².